The smallest absolute Gasteiger partial charge is 0.337 e. The minimum atomic E-state index is -0.528. The monoisotopic (exact) mass is 414 g/mol. The van der Waals surface area contributed by atoms with Crippen molar-refractivity contribution < 1.29 is 24.2 Å². The van der Waals surface area contributed by atoms with Crippen molar-refractivity contribution in [1.29, 1.82) is 0 Å². The standard InChI is InChI=1S/C19H14N2O5S2/c1-26-18(25)13-4-2-11(3-5-13)10-15-17(24)21(19(27)28-15)20-16(23)12-6-8-14(22)9-7-12/h2-10,22H,1H3,(H,20,23)/b15-10-. The molecule has 0 saturated carbocycles. The van der Waals surface area contributed by atoms with Crippen LogP contribution in [-0.2, 0) is 9.53 Å². The maximum Gasteiger partial charge on any atom is 0.337 e. The van der Waals surface area contributed by atoms with Crippen molar-refractivity contribution in [3.05, 3.63) is 70.1 Å². The van der Waals surface area contributed by atoms with Gasteiger partial charge < -0.3 is 9.84 Å². The van der Waals surface area contributed by atoms with Gasteiger partial charge in [-0.05, 0) is 60.3 Å². The molecule has 7 nitrogen and oxygen atoms in total. The van der Waals surface area contributed by atoms with Gasteiger partial charge in [-0.15, -0.1) is 0 Å². The summed E-state index contributed by atoms with van der Waals surface area (Å²) in [6, 6.07) is 12.1. The number of nitrogens with zero attached hydrogens (tertiary/aromatic N) is 1. The summed E-state index contributed by atoms with van der Waals surface area (Å²) in [6.45, 7) is 0. The van der Waals surface area contributed by atoms with Gasteiger partial charge in [0.25, 0.3) is 11.8 Å². The number of aromatic hydroxyl groups is 1. The van der Waals surface area contributed by atoms with Gasteiger partial charge in [0.05, 0.1) is 17.6 Å². The molecule has 2 aromatic carbocycles. The van der Waals surface area contributed by atoms with E-state index in [0.717, 1.165) is 16.8 Å². The number of phenolic OH excluding ortho intramolecular Hbond substituents is 1. The molecule has 1 heterocycles. The minimum Gasteiger partial charge on any atom is -0.508 e. The number of carbonyl (C=O) groups is 3. The van der Waals surface area contributed by atoms with Crippen LogP contribution in [0.5, 0.6) is 5.75 Å². The van der Waals surface area contributed by atoms with Gasteiger partial charge in [-0.3, -0.25) is 15.0 Å². The van der Waals surface area contributed by atoms with Gasteiger partial charge in [-0.25, -0.2) is 4.79 Å². The van der Waals surface area contributed by atoms with Gasteiger partial charge in [0.15, 0.2) is 4.32 Å². The molecule has 0 atom stereocenters. The maximum atomic E-state index is 12.6. The van der Waals surface area contributed by atoms with Crippen LogP contribution in [0.3, 0.4) is 0 Å². The second-order valence-electron chi connectivity index (χ2n) is 5.62. The summed E-state index contributed by atoms with van der Waals surface area (Å²) in [5, 5.41) is 10.3. The van der Waals surface area contributed by atoms with Crippen LogP contribution in [0.1, 0.15) is 26.3 Å². The Kier molecular flexibility index (Phi) is 5.76. The van der Waals surface area contributed by atoms with Crippen LogP contribution in [0.4, 0.5) is 0 Å². The number of hydrogen-bond acceptors (Lipinski definition) is 7. The highest BCUT2D eigenvalue weighted by atomic mass is 32.2. The van der Waals surface area contributed by atoms with E-state index < -0.39 is 17.8 Å². The van der Waals surface area contributed by atoms with E-state index in [0.29, 0.717) is 16.0 Å². The summed E-state index contributed by atoms with van der Waals surface area (Å²) < 4.78 is 4.83. The number of esters is 1. The quantitative estimate of drug-likeness (QED) is 0.451. The lowest BCUT2D eigenvalue weighted by Gasteiger charge is -2.15. The largest absolute Gasteiger partial charge is 0.508 e. The van der Waals surface area contributed by atoms with E-state index in [1.54, 1.807) is 30.3 Å². The van der Waals surface area contributed by atoms with Crippen molar-refractivity contribution in [2.24, 2.45) is 0 Å². The number of thioether (sulfide) groups is 1. The van der Waals surface area contributed by atoms with Crippen LogP contribution in [0.25, 0.3) is 6.08 Å². The first kappa shape index (κ1) is 19.6. The highest BCUT2D eigenvalue weighted by molar-refractivity contribution is 8.26. The first-order valence-corrected chi connectivity index (χ1v) is 9.18. The summed E-state index contributed by atoms with van der Waals surface area (Å²) >= 11 is 6.24. The number of carbonyl (C=O) groups excluding carboxylic acids is 3. The lowest BCUT2D eigenvalue weighted by molar-refractivity contribution is -0.123. The van der Waals surface area contributed by atoms with Crippen molar-refractivity contribution in [2.45, 2.75) is 0 Å². The Bertz CT molecular complexity index is 984. The number of amides is 2. The lowest BCUT2D eigenvalue weighted by atomic mass is 10.1. The van der Waals surface area contributed by atoms with Crippen molar-refractivity contribution in [3.8, 4) is 5.75 Å². The van der Waals surface area contributed by atoms with Gasteiger partial charge in [0, 0.05) is 5.56 Å². The summed E-state index contributed by atoms with van der Waals surface area (Å²) in [6.07, 6.45) is 1.62. The topological polar surface area (TPSA) is 95.9 Å². The molecule has 3 rings (SSSR count). The fraction of sp³-hybridized carbons (Fsp3) is 0.0526. The highest BCUT2D eigenvalue weighted by Crippen LogP contribution is 2.31. The van der Waals surface area contributed by atoms with Gasteiger partial charge in [-0.2, -0.15) is 5.01 Å². The number of phenols is 1. The van der Waals surface area contributed by atoms with E-state index in [1.165, 1.54) is 31.4 Å². The van der Waals surface area contributed by atoms with E-state index in [9.17, 15) is 19.5 Å². The zero-order valence-corrected chi connectivity index (χ0v) is 16.2. The first-order chi connectivity index (χ1) is 13.4. The molecule has 0 unspecified atom stereocenters. The maximum absolute atomic E-state index is 12.6. The molecule has 0 radical (unpaired) electrons. The second kappa shape index (κ2) is 8.24. The van der Waals surface area contributed by atoms with Crippen LogP contribution in [-0.4, -0.2) is 39.3 Å². The number of hydrazine groups is 1. The molecule has 0 spiro atoms. The number of rotatable bonds is 4. The van der Waals surface area contributed by atoms with Crippen LogP contribution >= 0.6 is 24.0 Å². The molecule has 0 aromatic heterocycles. The Balaban J connectivity index is 1.74. The second-order valence-corrected chi connectivity index (χ2v) is 7.29. The number of thiocarbonyl (C=S) groups is 1. The molecule has 1 fully saturated rings. The Morgan fingerprint density at radius 1 is 1.11 bits per heavy atom. The number of ether oxygens (including phenoxy) is 1. The predicted molar refractivity (Wildman–Crippen MR) is 108 cm³/mol. The Hall–Kier alpha value is -3.17. The summed E-state index contributed by atoms with van der Waals surface area (Å²) in [5.74, 6) is -1.41. The molecule has 0 bridgehead atoms. The van der Waals surface area contributed by atoms with Crippen LogP contribution in [0.15, 0.2) is 53.4 Å². The highest BCUT2D eigenvalue weighted by Gasteiger charge is 2.33. The van der Waals surface area contributed by atoms with Crippen molar-refractivity contribution in [2.75, 3.05) is 7.11 Å². The SMILES string of the molecule is COC(=O)c1ccc(/C=C2\SC(=S)N(NC(=O)c3ccc(O)cc3)C2=O)cc1. The molecule has 2 N–H and O–H groups in total. The molecular formula is C19H14N2O5S2. The fourth-order valence-corrected chi connectivity index (χ4v) is 3.51. The van der Waals surface area contributed by atoms with Gasteiger partial charge >= 0.3 is 5.97 Å². The summed E-state index contributed by atoms with van der Waals surface area (Å²) in [7, 11) is 1.30. The Labute approximate surface area is 170 Å². The molecule has 1 aliphatic rings. The zero-order chi connectivity index (χ0) is 20.3. The molecule has 0 aliphatic carbocycles. The number of nitrogens with one attached hydrogen (secondary N) is 1. The molecule has 142 valence electrons. The first-order valence-electron chi connectivity index (χ1n) is 7.95. The predicted octanol–water partition coefficient (Wildman–Crippen LogP) is 2.73. The van der Waals surface area contributed by atoms with E-state index in [1.807, 2.05) is 0 Å². The minimum absolute atomic E-state index is 0.0308. The van der Waals surface area contributed by atoms with Crippen LogP contribution in [0, 0.1) is 0 Å². The van der Waals surface area contributed by atoms with Gasteiger partial charge in [-0.1, -0.05) is 23.9 Å². The molecule has 2 amide bonds. The van der Waals surface area contributed by atoms with Crippen LogP contribution < -0.4 is 5.43 Å². The van der Waals surface area contributed by atoms with E-state index in [2.05, 4.69) is 10.2 Å². The number of hydrogen-bond donors (Lipinski definition) is 2. The summed E-state index contributed by atoms with van der Waals surface area (Å²) in [4.78, 5) is 36.7. The molecule has 1 aliphatic heterocycles. The normalized spacial score (nSPS) is 15.0. The Morgan fingerprint density at radius 3 is 2.32 bits per heavy atom. The fourth-order valence-electron chi connectivity index (χ4n) is 2.33. The third-order valence-corrected chi connectivity index (χ3v) is 5.07. The van der Waals surface area contributed by atoms with Crippen LogP contribution in [0.2, 0.25) is 0 Å². The van der Waals surface area contributed by atoms with Crippen molar-refractivity contribution in [3.63, 3.8) is 0 Å². The number of benzene rings is 2. The third kappa shape index (κ3) is 4.21. The molecule has 2 aromatic rings. The van der Waals surface area contributed by atoms with E-state index in [4.69, 9.17) is 12.2 Å². The molecule has 28 heavy (non-hydrogen) atoms. The third-order valence-electron chi connectivity index (χ3n) is 3.77. The van der Waals surface area contributed by atoms with Crippen molar-refractivity contribution in [1.82, 2.24) is 10.4 Å². The Morgan fingerprint density at radius 2 is 1.71 bits per heavy atom. The summed E-state index contributed by atoms with van der Waals surface area (Å²) in [5.41, 5.74) is 3.82. The molecule has 1 saturated heterocycles. The molecular weight excluding hydrogens is 400 g/mol. The zero-order valence-electron chi connectivity index (χ0n) is 14.5. The van der Waals surface area contributed by atoms with E-state index >= 15 is 0 Å². The number of methoxy groups -OCH3 is 1. The van der Waals surface area contributed by atoms with Crippen molar-refractivity contribution >= 4 is 52.2 Å². The lowest BCUT2D eigenvalue weighted by Crippen LogP contribution is -2.44. The van der Waals surface area contributed by atoms with Gasteiger partial charge in [0.1, 0.15) is 5.75 Å². The average molecular weight is 414 g/mol. The van der Waals surface area contributed by atoms with Gasteiger partial charge in [0.2, 0.25) is 0 Å². The average Bonchev–Trinajstić information content (AvgIpc) is 2.95. The molecule has 9 heteroatoms. The van der Waals surface area contributed by atoms with E-state index in [-0.39, 0.29) is 15.6 Å².